The van der Waals surface area contributed by atoms with Gasteiger partial charge in [0.05, 0.1) is 26.3 Å². The van der Waals surface area contributed by atoms with E-state index in [9.17, 15) is 35.7 Å². The van der Waals surface area contributed by atoms with Gasteiger partial charge in [-0.1, -0.05) is 72.3 Å². The van der Waals surface area contributed by atoms with Crippen LogP contribution in [0.1, 0.15) is 32.6 Å². The molecule has 0 radical (unpaired) electrons. The predicted molar refractivity (Wildman–Crippen MR) is 122 cm³/mol. The minimum Gasteiger partial charge on any atom is -0.304 e. The van der Waals surface area contributed by atoms with E-state index in [2.05, 4.69) is 0 Å². The van der Waals surface area contributed by atoms with Gasteiger partial charge in [0.1, 0.15) is 0 Å². The van der Waals surface area contributed by atoms with Crippen LogP contribution in [0.5, 0.6) is 0 Å². The average Bonchev–Trinajstić information content (AvgIpc) is 2.76. The van der Waals surface area contributed by atoms with E-state index in [-0.39, 0.29) is 16.1 Å². The third-order valence-corrected chi connectivity index (χ3v) is 9.29. The smallest absolute Gasteiger partial charge is 0.304 e. The molecule has 1 unspecified atom stereocenters. The number of carbonyl (C=O) groups is 1. The number of thiocarbonyl (C=S) groups is 1. The molecule has 0 fully saturated rings. The topological polar surface area (TPSA) is 34.1 Å². The van der Waals surface area contributed by atoms with Crippen LogP contribution in [0.3, 0.4) is 0 Å². The molecule has 0 saturated heterocycles. The number of halogens is 7. The molecule has 0 spiro atoms. The van der Waals surface area contributed by atoms with Crippen molar-refractivity contribution in [2.24, 2.45) is 0 Å². The number of hydrogen-bond donors (Lipinski definition) is 0. The highest BCUT2D eigenvalue weighted by Gasteiger charge is 2.50. The van der Waals surface area contributed by atoms with Crippen molar-refractivity contribution < 1.29 is 35.7 Å². The monoisotopic (exact) mass is 534 g/mol. The quantitative estimate of drug-likeness (QED) is 0.190. The molecule has 0 N–H and O–H groups in total. The van der Waals surface area contributed by atoms with E-state index in [1.54, 1.807) is 6.07 Å². The number of benzene rings is 3. The maximum Gasteiger partial charge on any atom is 0.417 e. The van der Waals surface area contributed by atoms with Crippen LogP contribution in [0.25, 0.3) is 0 Å². The van der Waals surface area contributed by atoms with Gasteiger partial charge in [-0.25, -0.2) is 0 Å². The second-order valence-electron chi connectivity index (χ2n) is 7.21. The minimum atomic E-state index is -5.35. The molecule has 0 aromatic heterocycles. The standard InChI is InChI=1S/C23H14ClF6O2PS/c1-13-7-5-12-17(24)19(13)33(32,21(34)14-8-3-2-4-9-14)20(31)18-15(22(25,26)27)10-6-11-16(18)23(28,29)30/h2-12H,1H3. The molecule has 0 heterocycles. The first kappa shape index (κ1) is 26.1. The lowest BCUT2D eigenvalue weighted by Gasteiger charge is -2.25. The summed E-state index contributed by atoms with van der Waals surface area (Å²) in [6.07, 6.45) is -10.7. The van der Waals surface area contributed by atoms with Crippen molar-refractivity contribution in [2.45, 2.75) is 19.3 Å². The lowest BCUT2D eigenvalue weighted by molar-refractivity contribution is -0.143. The summed E-state index contributed by atoms with van der Waals surface area (Å²) in [5.74, 6) is 0. The molecule has 2 nitrogen and oxygen atoms in total. The van der Waals surface area contributed by atoms with E-state index in [1.165, 1.54) is 49.4 Å². The Bertz CT molecular complexity index is 1270. The zero-order valence-corrected chi connectivity index (χ0v) is 19.6. The molecule has 0 aliphatic rings. The van der Waals surface area contributed by atoms with Gasteiger partial charge in [0.25, 0.3) is 0 Å². The maximum atomic E-state index is 14.5. The number of rotatable bonds is 5. The van der Waals surface area contributed by atoms with Crippen LogP contribution >= 0.6 is 31.0 Å². The highest BCUT2D eigenvalue weighted by molar-refractivity contribution is 8.13. The summed E-state index contributed by atoms with van der Waals surface area (Å²) >= 11 is 11.5. The molecule has 0 aliphatic heterocycles. The molecule has 1 atom stereocenters. The average molecular weight is 535 g/mol. The van der Waals surface area contributed by atoms with Crippen LogP contribution in [0.2, 0.25) is 5.02 Å². The fraction of sp³-hybridized carbons (Fsp3) is 0.130. The number of alkyl halides is 6. The van der Waals surface area contributed by atoms with Gasteiger partial charge >= 0.3 is 12.4 Å². The fourth-order valence-electron chi connectivity index (χ4n) is 3.49. The number of hydrogen-bond acceptors (Lipinski definition) is 3. The lowest BCUT2D eigenvalue weighted by atomic mass is 10.0. The highest BCUT2D eigenvalue weighted by Crippen LogP contribution is 2.56. The van der Waals surface area contributed by atoms with Crippen LogP contribution in [0.4, 0.5) is 26.3 Å². The third-order valence-electron chi connectivity index (χ3n) is 4.99. The Morgan fingerprint density at radius 3 is 1.79 bits per heavy atom. The molecule has 0 aliphatic carbocycles. The van der Waals surface area contributed by atoms with Gasteiger partial charge < -0.3 is 4.57 Å². The summed E-state index contributed by atoms with van der Waals surface area (Å²) in [5, 5.41) is -0.673. The van der Waals surface area contributed by atoms with Crippen LogP contribution in [-0.2, 0) is 16.9 Å². The van der Waals surface area contributed by atoms with Gasteiger partial charge in [-0.2, -0.15) is 26.3 Å². The summed E-state index contributed by atoms with van der Waals surface area (Å²) in [6, 6.07) is 12.5. The normalized spacial score (nSPS) is 13.9. The van der Waals surface area contributed by atoms with Crippen LogP contribution in [0.15, 0.2) is 66.7 Å². The Balaban J connectivity index is 2.46. The van der Waals surface area contributed by atoms with E-state index >= 15 is 0 Å². The molecule has 3 rings (SSSR count). The Labute approximate surface area is 200 Å². The summed E-state index contributed by atoms with van der Waals surface area (Å²) in [5.41, 5.74) is -7.23. The third kappa shape index (κ3) is 4.69. The van der Waals surface area contributed by atoms with E-state index in [0.29, 0.717) is 18.2 Å². The van der Waals surface area contributed by atoms with Crippen LogP contribution in [0, 0.1) is 6.92 Å². The highest BCUT2D eigenvalue weighted by atomic mass is 35.5. The molecule has 3 aromatic rings. The van der Waals surface area contributed by atoms with Gasteiger partial charge in [-0.15, -0.1) is 0 Å². The maximum absolute atomic E-state index is 14.5. The van der Waals surface area contributed by atoms with Crippen molar-refractivity contribution in [1.29, 1.82) is 0 Å². The van der Waals surface area contributed by atoms with Crippen molar-refractivity contribution in [3.8, 4) is 0 Å². The molecule has 34 heavy (non-hydrogen) atoms. The van der Waals surface area contributed by atoms with Crippen molar-refractivity contribution in [3.63, 3.8) is 0 Å². The van der Waals surface area contributed by atoms with Gasteiger partial charge in [0.15, 0.2) is 0 Å². The Morgan fingerprint density at radius 1 is 0.824 bits per heavy atom. The van der Waals surface area contributed by atoms with E-state index in [1.807, 2.05) is 0 Å². The van der Waals surface area contributed by atoms with Crippen molar-refractivity contribution in [2.75, 3.05) is 0 Å². The molecule has 0 saturated carbocycles. The summed E-state index contributed by atoms with van der Waals surface area (Å²) in [4.78, 5) is 13.7. The second-order valence-corrected chi connectivity index (χ2v) is 10.9. The van der Waals surface area contributed by atoms with Crippen LogP contribution in [-0.4, -0.2) is 10.1 Å². The first-order chi connectivity index (χ1) is 15.7. The van der Waals surface area contributed by atoms with E-state index in [4.69, 9.17) is 23.8 Å². The summed E-state index contributed by atoms with van der Waals surface area (Å²) in [7, 11) is -5.01. The number of aryl methyl sites for hydroxylation is 1. The van der Waals surface area contributed by atoms with Gasteiger partial charge in [0, 0.05) is 5.30 Å². The van der Waals surface area contributed by atoms with Gasteiger partial charge in [0.2, 0.25) is 12.7 Å². The van der Waals surface area contributed by atoms with Crippen molar-refractivity contribution >= 4 is 46.4 Å². The molecule has 178 valence electrons. The zero-order valence-electron chi connectivity index (χ0n) is 17.2. The molecule has 11 heteroatoms. The first-order valence-electron chi connectivity index (χ1n) is 9.48. The van der Waals surface area contributed by atoms with E-state index in [0.717, 1.165) is 0 Å². The fourth-order valence-corrected chi connectivity index (χ4v) is 7.34. The Hall–Kier alpha value is -2.48. The van der Waals surface area contributed by atoms with Crippen molar-refractivity contribution in [3.05, 3.63) is 99.6 Å². The molecule has 3 aromatic carbocycles. The van der Waals surface area contributed by atoms with Crippen LogP contribution < -0.4 is 5.30 Å². The van der Waals surface area contributed by atoms with Crippen molar-refractivity contribution in [1.82, 2.24) is 0 Å². The van der Waals surface area contributed by atoms with Gasteiger partial charge in [-0.3, -0.25) is 4.79 Å². The van der Waals surface area contributed by atoms with E-state index < -0.39 is 51.6 Å². The summed E-state index contributed by atoms with van der Waals surface area (Å²) in [6.45, 7) is 1.38. The van der Waals surface area contributed by atoms with Gasteiger partial charge in [-0.05, 0) is 36.2 Å². The number of carbonyl (C=O) groups excluding carboxylic acids is 1. The lowest BCUT2D eigenvalue weighted by Crippen LogP contribution is -2.27. The molecule has 0 bridgehead atoms. The predicted octanol–water partition coefficient (Wildman–Crippen LogP) is 7.89. The summed E-state index contributed by atoms with van der Waals surface area (Å²) < 4.78 is 96.6. The minimum absolute atomic E-state index is 0.0338. The first-order valence-corrected chi connectivity index (χ1v) is 12.0. The largest absolute Gasteiger partial charge is 0.417 e. The molecule has 0 amide bonds. The zero-order chi connectivity index (χ0) is 25.5. The second kappa shape index (κ2) is 9.29. The SMILES string of the molecule is Cc1cccc(Cl)c1P(=O)(C(=O)c1c(C(F)(F)F)cccc1C(F)(F)F)C(=S)c1ccccc1. The molecular weight excluding hydrogens is 521 g/mol. The Morgan fingerprint density at radius 2 is 1.32 bits per heavy atom. The Kier molecular flexibility index (Phi) is 7.14. The molecular formula is C23H14ClF6O2PS.